The summed E-state index contributed by atoms with van der Waals surface area (Å²) in [7, 11) is 0. The molecule has 1 heterocycles. The minimum Gasteiger partial charge on any atom is -0.389 e. The van der Waals surface area contributed by atoms with E-state index in [0.717, 1.165) is 19.4 Å². The molecule has 2 rings (SSSR count). The van der Waals surface area contributed by atoms with Gasteiger partial charge in [-0.25, -0.2) is 4.39 Å². The fourth-order valence-corrected chi connectivity index (χ4v) is 3.36. The predicted molar refractivity (Wildman–Crippen MR) is 86.6 cm³/mol. The fraction of sp³-hybridized carbons (Fsp3) is 0.500. The van der Waals surface area contributed by atoms with Crippen LogP contribution in [0, 0.1) is 11.7 Å². The van der Waals surface area contributed by atoms with Crippen molar-refractivity contribution in [3.63, 3.8) is 0 Å². The van der Waals surface area contributed by atoms with Gasteiger partial charge in [-0.05, 0) is 40.9 Å². The first-order valence-corrected chi connectivity index (χ1v) is 7.88. The summed E-state index contributed by atoms with van der Waals surface area (Å²) in [6, 6.07) is 3.39. The van der Waals surface area contributed by atoms with Gasteiger partial charge in [0.1, 0.15) is 4.99 Å². The van der Waals surface area contributed by atoms with Crippen LogP contribution in [0.3, 0.4) is 0 Å². The van der Waals surface area contributed by atoms with Crippen molar-refractivity contribution in [2.45, 2.75) is 25.9 Å². The maximum absolute atomic E-state index is 14.2. The Morgan fingerprint density at radius 1 is 1.60 bits per heavy atom. The maximum Gasteiger partial charge on any atom is 0.161 e. The Bertz CT molecular complexity index is 512. The first-order valence-electron chi connectivity index (χ1n) is 6.67. The maximum atomic E-state index is 14.2. The van der Waals surface area contributed by atoms with E-state index in [9.17, 15) is 4.39 Å². The third-order valence-electron chi connectivity index (χ3n) is 3.65. The van der Waals surface area contributed by atoms with E-state index in [0.29, 0.717) is 28.2 Å². The quantitative estimate of drug-likeness (QED) is 0.789. The van der Waals surface area contributed by atoms with E-state index < -0.39 is 0 Å². The molecule has 1 fully saturated rings. The number of nitrogens with two attached hydrogens (primary N) is 1. The van der Waals surface area contributed by atoms with Crippen molar-refractivity contribution in [3.8, 4) is 0 Å². The topological polar surface area (TPSA) is 47.3 Å². The second kappa shape index (κ2) is 6.83. The highest BCUT2D eigenvalue weighted by molar-refractivity contribution is 9.10. The number of rotatable bonds is 5. The molecule has 0 spiro atoms. The van der Waals surface area contributed by atoms with Crippen LogP contribution in [-0.4, -0.2) is 24.2 Å². The van der Waals surface area contributed by atoms with Crippen LogP contribution >= 0.6 is 28.1 Å². The van der Waals surface area contributed by atoms with Gasteiger partial charge in [0.2, 0.25) is 0 Å². The lowest BCUT2D eigenvalue weighted by molar-refractivity contribution is 0.0900. The number of ether oxygens (including phenoxy) is 1. The summed E-state index contributed by atoms with van der Waals surface area (Å²) in [5, 5.41) is 3.16. The normalized spacial score (nSPS) is 21.9. The van der Waals surface area contributed by atoms with Crippen molar-refractivity contribution in [2.75, 3.05) is 18.5 Å². The SMILES string of the molecule is CCC1OCCC1CNc1ccc(C(N)=S)c(Br)c1F. The number of hydrogen-bond acceptors (Lipinski definition) is 3. The second-order valence-electron chi connectivity index (χ2n) is 4.90. The number of hydrogen-bond donors (Lipinski definition) is 2. The molecule has 1 aliphatic rings. The summed E-state index contributed by atoms with van der Waals surface area (Å²) >= 11 is 8.08. The molecule has 3 nitrogen and oxygen atoms in total. The molecule has 110 valence electrons. The molecule has 3 N–H and O–H groups in total. The van der Waals surface area contributed by atoms with E-state index in [1.54, 1.807) is 12.1 Å². The molecule has 0 radical (unpaired) electrons. The molecule has 0 amide bonds. The lowest BCUT2D eigenvalue weighted by Crippen LogP contribution is -2.23. The van der Waals surface area contributed by atoms with Crippen LogP contribution in [0.4, 0.5) is 10.1 Å². The zero-order chi connectivity index (χ0) is 14.7. The highest BCUT2D eigenvalue weighted by atomic mass is 79.9. The first-order chi connectivity index (χ1) is 9.54. The van der Waals surface area contributed by atoms with E-state index in [4.69, 9.17) is 22.7 Å². The molecule has 6 heteroatoms. The van der Waals surface area contributed by atoms with E-state index in [1.165, 1.54) is 0 Å². The van der Waals surface area contributed by atoms with Gasteiger partial charge in [-0.2, -0.15) is 0 Å². The largest absolute Gasteiger partial charge is 0.389 e. The zero-order valence-corrected chi connectivity index (χ0v) is 13.7. The Hall–Kier alpha value is -0.720. The molecule has 0 aromatic heterocycles. The smallest absolute Gasteiger partial charge is 0.161 e. The fourth-order valence-electron chi connectivity index (χ4n) is 2.49. The van der Waals surface area contributed by atoms with Crippen molar-refractivity contribution in [3.05, 3.63) is 28.0 Å². The molecular formula is C14H18BrFN2OS. The predicted octanol–water partition coefficient (Wildman–Crippen LogP) is 3.45. The number of nitrogens with one attached hydrogen (secondary N) is 1. The molecule has 2 unspecified atom stereocenters. The minimum absolute atomic E-state index is 0.178. The summed E-state index contributed by atoms with van der Waals surface area (Å²) in [5.41, 5.74) is 6.51. The Morgan fingerprint density at radius 2 is 2.35 bits per heavy atom. The van der Waals surface area contributed by atoms with Crippen LogP contribution in [0.25, 0.3) is 0 Å². The van der Waals surface area contributed by atoms with Gasteiger partial charge in [0.05, 0.1) is 16.3 Å². The van der Waals surface area contributed by atoms with E-state index in [1.807, 2.05) is 0 Å². The minimum atomic E-state index is -0.359. The molecule has 1 aromatic rings. The first kappa shape index (κ1) is 15.7. The lowest BCUT2D eigenvalue weighted by atomic mass is 9.99. The molecule has 2 atom stereocenters. The number of thiocarbonyl (C=S) groups is 1. The Morgan fingerprint density at radius 3 is 3.00 bits per heavy atom. The molecule has 1 aliphatic heterocycles. The van der Waals surface area contributed by atoms with E-state index in [-0.39, 0.29) is 16.9 Å². The van der Waals surface area contributed by atoms with Crippen molar-refractivity contribution >= 4 is 38.8 Å². The monoisotopic (exact) mass is 360 g/mol. The van der Waals surface area contributed by atoms with Crippen molar-refractivity contribution in [1.29, 1.82) is 0 Å². The van der Waals surface area contributed by atoms with Crippen LogP contribution in [0.15, 0.2) is 16.6 Å². The Labute approximate surface area is 132 Å². The molecule has 1 aromatic carbocycles. The number of benzene rings is 1. The van der Waals surface area contributed by atoms with Crippen LogP contribution in [0.5, 0.6) is 0 Å². The van der Waals surface area contributed by atoms with Crippen LogP contribution in [-0.2, 0) is 4.74 Å². The summed E-state index contributed by atoms with van der Waals surface area (Å²) in [6.07, 6.45) is 2.27. The van der Waals surface area contributed by atoms with Gasteiger partial charge in [0.25, 0.3) is 0 Å². The summed E-state index contributed by atoms with van der Waals surface area (Å²) in [4.78, 5) is 0.178. The Balaban J connectivity index is 2.07. The Kier molecular flexibility index (Phi) is 5.35. The molecule has 0 bridgehead atoms. The average Bonchev–Trinajstić information content (AvgIpc) is 2.87. The van der Waals surface area contributed by atoms with E-state index >= 15 is 0 Å². The summed E-state index contributed by atoms with van der Waals surface area (Å²) < 4.78 is 20.2. The van der Waals surface area contributed by atoms with Crippen molar-refractivity contribution in [2.24, 2.45) is 11.7 Å². The van der Waals surface area contributed by atoms with Gasteiger partial charge >= 0.3 is 0 Å². The molecule has 1 saturated heterocycles. The average molecular weight is 361 g/mol. The van der Waals surface area contributed by atoms with E-state index in [2.05, 4.69) is 28.2 Å². The standard InChI is InChI=1S/C14H18BrFN2OS/c1-2-11-8(5-6-19-11)7-18-10-4-3-9(14(17)20)12(15)13(10)16/h3-4,8,11,18H,2,5-7H2,1H3,(H2,17,20). The third kappa shape index (κ3) is 3.30. The molecular weight excluding hydrogens is 343 g/mol. The third-order valence-corrected chi connectivity index (χ3v) is 4.65. The number of halogens is 2. The summed E-state index contributed by atoms with van der Waals surface area (Å²) in [5.74, 6) is 0.0655. The lowest BCUT2D eigenvalue weighted by Gasteiger charge is -2.18. The van der Waals surface area contributed by atoms with Gasteiger partial charge in [-0.3, -0.25) is 0 Å². The molecule has 20 heavy (non-hydrogen) atoms. The summed E-state index contributed by atoms with van der Waals surface area (Å²) in [6.45, 7) is 3.60. The second-order valence-corrected chi connectivity index (χ2v) is 6.13. The van der Waals surface area contributed by atoms with Crippen LogP contribution < -0.4 is 11.1 Å². The molecule has 0 aliphatic carbocycles. The van der Waals surface area contributed by atoms with Crippen LogP contribution in [0.2, 0.25) is 0 Å². The van der Waals surface area contributed by atoms with Gasteiger partial charge in [0, 0.05) is 24.6 Å². The van der Waals surface area contributed by atoms with Gasteiger partial charge in [-0.15, -0.1) is 0 Å². The highest BCUT2D eigenvalue weighted by Gasteiger charge is 2.26. The van der Waals surface area contributed by atoms with Gasteiger partial charge < -0.3 is 15.8 Å². The number of anilines is 1. The van der Waals surface area contributed by atoms with Crippen LogP contribution in [0.1, 0.15) is 25.3 Å². The zero-order valence-electron chi connectivity index (χ0n) is 11.3. The van der Waals surface area contributed by atoms with Crippen molar-refractivity contribution in [1.82, 2.24) is 0 Å². The van der Waals surface area contributed by atoms with Gasteiger partial charge in [0.15, 0.2) is 5.82 Å². The van der Waals surface area contributed by atoms with Crippen molar-refractivity contribution < 1.29 is 9.13 Å². The highest BCUT2D eigenvalue weighted by Crippen LogP contribution is 2.29. The van der Waals surface area contributed by atoms with Gasteiger partial charge in [-0.1, -0.05) is 19.1 Å². The molecule has 0 saturated carbocycles.